The van der Waals surface area contributed by atoms with Crippen molar-refractivity contribution in [3.63, 3.8) is 0 Å². The third kappa shape index (κ3) is 3.28. The van der Waals surface area contributed by atoms with Crippen LogP contribution in [0.1, 0.15) is 29.5 Å². The summed E-state index contributed by atoms with van der Waals surface area (Å²) in [6.07, 6.45) is 1.64. The molecule has 5 heteroatoms. The summed E-state index contributed by atoms with van der Waals surface area (Å²) >= 11 is 0. The SMILES string of the molecule is Cc1cc(C)c(NS(=O)(=O)C2CCCNC2)c(C)c1. The van der Waals surface area contributed by atoms with E-state index in [1.165, 1.54) is 0 Å². The molecule has 0 amide bonds. The molecule has 19 heavy (non-hydrogen) atoms. The van der Waals surface area contributed by atoms with Gasteiger partial charge in [-0.2, -0.15) is 0 Å². The van der Waals surface area contributed by atoms with Crippen molar-refractivity contribution in [1.82, 2.24) is 5.32 Å². The van der Waals surface area contributed by atoms with E-state index in [2.05, 4.69) is 10.0 Å². The van der Waals surface area contributed by atoms with Crippen molar-refractivity contribution in [3.05, 3.63) is 28.8 Å². The van der Waals surface area contributed by atoms with Crippen molar-refractivity contribution in [3.8, 4) is 0 Å². The number of hydrogen-bond acceptors (Lipinski definition) is 3. The zero-order chi connectivity index (χ0) is 14.0. The molecule has 1 aromatic carbocycles. The number of anilines is 1. The van der Waals surface area contributed by atoms with Crippen LogP contribution in [0.25, 0.3) is 0 Å². The maximum Gasteiger partial charge on any atom is 0.236 e. The van der Waals surface area contributed by atoms with Gasteiger partial charge in [-0.05, 0) is 51.3 Å². The fourth-order valence-corrected chi connectivity index (χ4v) is 4.24. The zero-order valence-electron chi connectivity index (χ0n) is 11.8. The Morgan fingerprint density at radius 1 is 1.21 bits per heavy atom. The van der Waals surface area contributed by atoms with Crippen LogP contribution in [0.2, 0.25) is 0 Å². The Morgan fingerprint density at radius 2 is 1.84 bits per heavy atom. The molecule has 0 bridgehead atoms. The normalized spacial score (nSPS) is 20.3. The van der Waals surface area contributed by atoms with Crippen LogP contribution >= 0.6 is 0 Å². The molecule has 0 spiro atoms. The highest BCUT2D eigenvalue weighted by atomic mass is 32.2. The minimum atomic E-state index is -3.31. The van der Waals surface area contributed by atoms with Gasteiger partial charge >= 0.3 is 0 Å². The fraction of sp³-hybridized carbons (Fsp3) is 0.571. The van der Waals surface area contributed by atoms with Crippen molar-refractivity contribution in [2.24, 2.45) is 0 Å². The van der Waals surface area contributed by atoms with Crippen LogP contribution in [0.3, 0.4) is 0 Å². The molecule has 2 rings (SSSR count). The maximum atomic E-state index is 12.4. The van der Waals surface area contributed by atoms with E-state index in [9.17, 15) is 8.42 Å². The van der Waals surface area contributed by atoms with Crippen molar-refractivity contribution in [1.29, 1.82) is 0 Å². The second kappa shape index (κ2) is 5.51. The lowest BCUT2D eigenvalue weighted by Crippen LogP contribution is -2.41. The third-order valence-corrected chi connectivity index (χ3v) is 5.38. The van der Waals surface area contributed by atoms with Gasteiger partial charge in [0, 0.05) is 6.54 Å². The largest absolute Gasteiger partial charge is 0.315 e. The second-order valence-electron chi connectivity index (χ2n) is 5.39. The molecule has 1 unspecified atom stereocenters. The van der Waals surface area contributed by atoms with Gasteiger partial charge in [0.25, 0.3) is 0 Å². The van der Waals surface area contributed by atoms with Gasteiger partial charge < -0.3 is 5.32 Å². The molecule has 1 fully saturated rings. The van der Waals surface area contributed by atoms with Crippen LogP contribution in [0.15, 0.2) is 12.1 Å². The van der Waals surface area contributed by atoms with Crippen molar-refractivity contribution >= 4 is 15.7 Å². The van der Waals surface area contributed by atoms with E-state index in [-0.39, 0.29) is 5.25 Å². The summed E-state index contributed by atoms with van der Waals surface area (Å²) in [5.74, 6) is 0. The van der Waals surface area contributed by atoms with Crippen molar-refractivity contribution in [2.75, 3.05) is 17.8 Å². The molecule has 4 nitrogen and oxygen atoms in total. The molecule has 1 aliphatic rings. The standard InChI is InChI=1S/C14H22N2O2S/c1-10-7-11(2)14(12(3)8-10)16-19(17,18)13-5-4-6-15-9-13/h7-8,13,15-16H,4-6,9H2,1-3H3. The van der Waals surface area contributed by atoms with Crippen LogP contribution in [0.5, 0.6) is 0 Å². The Morgan fingerprint density at radius 3 is 2.37 bits per heavy atom. The first-order valence-electron chi connectivity index (χ1n) is 6.70. The van der Waals surface area contributed by atoms with E-state index >= 15 is 0 Å². The van der Waals surface area contributed by atoms with Crippen molar-refractivity contribution in [2.45, 2.75) is 38.9 Å². The van der Waals surface area contributed by atoms with Gasteiger partial charge in [-0.3, -0.25) is 4.72 Å². The highest BCUT2D eigenvalue weighted by Gasteiger charge is 2.27. The molecule has 0 aromatic heterocycles. The quantitative estimate of drug-likeness (QED) is 0.892. The van der Waals surface area contributed by atoms with E-state index in [0.717, 1.165) is 41.8 Å². The minimum Gasteiger partial charge on any atom is -0.315 e. The van der Waals surface area contributed by atoms with Gasteiger partial charge in [0.15, 0.2) is 0 Å². The Balaban J connectivity index is 2.25. The van der Waals surface area contributed by atoms with E-state index < -0.39 is 10.0 Å². The average molecular weight is 282 g/mol. The van der Waals surface area contributed by atoms with Gasteiger partial charge in [0.2, 0.25) is 10.0 Å². The summed E-state index contributed by atoms with van der Waals surface area (Å²) in [5.41, 5.74) is 3.84. The molecule has 106 valence electrons. The number of aryl methyl sites for hydroxylation is 3. The van der Waals surface area contributed by atoms with Gasteiger partial charge in [0.05, 0.1) is 10.9 Å². The summed E-state index contributed by atoms with van der Waals surface area (Å²) in [5, 5.41) is 2.81. The lowest BCUT2D eigenvalue weighted by atomic mass is 10.1. The van der Waals surface area contributed by atoms with E-state index in [0.29, 0.717) is 6.54 Å². The molecule has 1 saturated heterocycles. The minimum absolute atomic E-state index is 0.332. The monoisotopic (exact) mass is 282 g/mol. The molecular weight excluding hydrogens is 260 g/mol. The van der Waals surface area contributed by atoms with E-state index in [1.807, 2.05) is 32.9 Å². The van der Waals surface area contributed by atoms with Gasteiger partial charge in [0.1, 0.15) is 0 Å². The van der Waals surface area contributed by atoms with Gasteiger partial charge in [-0.15, -0.1) is 0 Å². The Hall–Kier alpha value is -1.07. The highest BCUT2D eigenvalue weighted by molar-refractivity contribution is 7.93. The van der Waals surface area contributed by atoms with Crippen LogP contribution in [0, 0.1) is 20.8 Å². The summed E-state index contributed by atoms with van der Waals surface area (Å²) < 4.78 is 27.6. The average Bonchev–Trinajstić information content (AvgIpc) is 2.35. The van der Waals surface area contributed by atoms with Crippen LogP contribution in [-0.2, 0) is 10.0 Å². The number of nitrogens with one attached hydrogen (secondary N) is 2. The van der Waals surface area contributed by atoms with E-state index in [1.54, 1.807) is 0 Å². The summed E-state index contributed by atoms with van der Waals surface area (Å²) in [6, 6.07) is 4.01. The van der Waals surface area contributed by atoms with Crippen LogP contribution in [-0.4, -0.2) is 26.8 Å². The number of piperidine rings is 1. The summed E-state index contributed by atoms with van der Waals surface area (Å²) in [7, 11) is -3.31. The Kier molecular flexibility index (Phi) is 4.16. The topological polar surface area (TPSA) is 58.2 Å². The molecule has 0 aliphatic carbocycles. The molecule has 1 atom stereocenters. The van der Waals surface area contributed by atoms with E-state index in [4.69, 9.17) is 0 Å². The number of benzene rings is 1. The first-order chi connectivity index (χ1) is 8.90. The van der Waals surface area contributed by atoms with Crippen LogP contribution < -0.4 is 10.0 Å². The van der Waals surface area contributed by atoms with Gasteiger partial charge in [-0.1, -0.05) is 17.7 Å². The molecular formula is C14H22N2O2S. The molecule has 0 radical (unpaired) electrons. The molecule has 0 saturated carbocycles. The predicted octanol–water partition coefficient (Wildman–Crippen LogP) is 2.11. The molecule has 1 aromatic rings. The van der Waals surface area contributed by atoms with Crippen LogP contribution in [0.4, 0.5) is 5.69 Å². The fourth-order valence-electron chi connectivity index (χ4n) is 2.65. The molecule has 1 heterocycles. The lowest BCUT2D eigenvalue weighted by Gasteiger charge is -2.24. The van der Waals surface area contributed by atoms with Crippen molar-refractivity contribution < 1.29 is 8.42 Å². The number of hydrogen-bond donors (Lipinski definition) is 2. The Bertz CT molecular complexity index is 538. The summed E-state index contributed by atoms with van der Waals surface area (Å²) in [6.45, 7) is 7.35. The smallest absolute Gasteiger partial charge is 0.236 e. The first-order valence-corrected chi connectivity index (χ1v) is 8.25. The zero-order valence-corrected chi connectivity index (χ0v) is 12.6. The van der Waals surface area contributed by atoms with Gasteiger partial charge in [-0.25, -0.2) is 8.42 Å². The Labute approximate surface area is 115 Å². The second-order valence-corrected chi connectivity index (χ2v) is 7.35. The predicted molar refractivity (Wildman–Crippen MR) is 79.1 cm³/mol. The first kappa shape index (κ1) is 14.3. The molecule has 2 N–H and O–H groups in total. The lowest BCUT2D eigenvalue weighted by molar-refractivity contribution is 0.499. The number of rotatable bonds is 3. The number of sulfonamides is 1. The maximum absolute atomic E-state index is 12.4. The third-order valence-electron chi connectivity index (χ3n) is 3.61. The summed E-state index contributed by atoms with van der Waals surface area (Å²) in [4.78, 5) is 0. The molecule has 1 aliphatic heterocycles. The highest BCUT2D eigenvalue weighted by Crippen LogP contribution is 2.25.